The number of aryl methyl sites for hydroxylation is 1. The monoisotopic (exact) mass is 376 g/mol. The van der Waals surface area contributed by atoms with Gasteiger partial charge in [0.05, 0.1) is 30.1 Å². The second-order valence-corrected chi connectivity index (χ2v) is 5.78. The highest BCUT2D eigenvalue weighted by Gasteiger charge is 2.20. The summed E-state index contributed by atoms with van der Waals surface area (Å²) >= 11 is 0. The highest BCUT2D eigenvalue weighted by Crippen LogP contribution is 2.35. The highest BCUT2D eigenvalue weighted by molar-refractivity contribution is 5.91. The molecule has 0 unspecified atom stereocenters. The molecule has 3 rings (SSSR count). The number of carbonyl (C=O) groups excluding carboxylic acids is 1. The maximum atomic E-state index is 14.5. The zero-order valence-electron chi connectivity index (χ0n) is 14.5. The molecule has 2 heterocycles. The van der Waals surface area contributed by atoms with Gasteiger partial charge in [0.25, 0.3) is 0 Å². The van der Waals surface area contributed by atoms with Crippen LogP contribution in [0, 0.1) is 17.5 Å². The van der Waals surface area contributed by atoms with E-state index in [1.165, 1.54) is 36.2 Å². The maximum Gasteiger partial charge on any atom is 0.339 e. The quantitative estimate of drug-likeness (QED) is 0.635. The maximum absolute atomic E-state index is 14.5. The van der Waals surface area contributed by atoms with Gasteiger partial charge < -0.3 is 14.0 Å². The summed E-state index contributed by atoms with van der Waals surface area (Å²) < 4.78 is 53.2. The predicted molar refractivity (Wildman–Crippen MR) is 90.6 cm³/mol. The zero-order valence-corrected chi connectivity index (χ0v) is 14.5. The van der Waals surface area contributed by atoms with Crippen LogP contribution in [0.1, 0.15) is 15.9 Å². The molecule has 0 amide bonds. The lowest BCUT2D eigenvalue weighted by atomic mass is 10.1. The van der Waals surface area contributed by atoms with Gasteiger partial charge in [-0.25, -0.2) is 18.0 Å². The van der Waals surface area contributed by atoms with E-state index in [1.54, 1.807) is 7.05 Å². The molecule has 0 atom stereocenters. The molecular formula is C19H15F3N2O3. The fourth-order valence-corrected chi connectivity index (χ4v) is 2.65. The highest BCUT2D eigenvalue weighted by atomic mass is 19.1. The summed E-state index contributed by atoms with van der Waals surface area (Å²) in [7, 11) is 2.83. The number of aromatic nitrogens is 2. The van der Waals surface area contributed by atoms with Crippen LogP contribution in [0.5, 0.6) is 5.75 Å². The first-order chi connectivity index (χ1) is 12.9. The van der Waals surface area contributed by atoms with E-state index in [4.69, 9.17) is 4.74 Å². The molecule has 140 valence electrons. The molecule has 0 bridgehead atoms. The van der Waals surface area contributed by atoms with Gasteiger partial charge in [-0.3, -0.25) is 4.98 Å². The Morgan fingerprint density at radius 3 is 2.59 bits per heavy atom. The van der Waals surface area contributed by atoms with E-state index < -0.39 is 23.4 Å². The number of rotatable bonds is 5. The van der Waals surface area contributed by atoms with Crippen LogP contribution in [0.15, 0.2) is 42.9 Å². The number of nitrogens with zero attached hydrogens (tertiary/aromatic N) is 2. The van der Waals surface area contributed by atoms with Crippen LogP contribution in [-0.2, 0) is 18.4 Å². The molecule has 3 aromatic rings. The minimum atomic E-state index is -0.861. The van der Waals surface area contributed by atoms with E-state index in [0.717, 1.165) is 18.3 Å². The molecule has 8 heteroatoms. The van der Waals surface area contributed by atoms with Crippen LogP contribution in [-0.4, -0.2) is 22.6 Å². The van der Waals surface area contributed by atoms with Gasteiger partial charge >= 0.3 is 5.97 Å². The van der Waals surface area contributed by atoms with Crippen molar-refractivity contribution >= 4 is 5.97 Å². The van der Waals surface area contributed by atoms with Crippen molar-refractivity contribution in [3.8, 4) is 17.0 Å². The molecule has 1 aromatic carbocycles. The Labute approximate surface area is 153 Å². The average Bonchev–Trinajstić information content (AvgIpc) is 3.00. The minimum absolute atomic E-state index is 0.0292. The Balaban J connectivity index is 2.00. The third-order valence-corrected chi connectivity index (χ3v) is 3.86. The molecule has 0 spiro atoms. The van der Waals surface area contributed by atoms with Crippen molar-refractivity contribution in [3.63, 3.8) is 0 Å². The number of pyridine rings is 1. The van der Waals surface area contributed by atoms with Gasteiger partial charge in [0.2, 0.25) is 0 Å². The van der Waals surface area contributed by atoms with Crippen LogP contribution in [0.3, 0.4) is 0 Å². The Bertz CT molecular complexity index is 1000. The van der Waals surface area contributed by atoms with Crippen molar-refractivity contribution in [2.45, 2.75) is 6.61 Å². The number of esters is 1. The van der Waals surface area contributed by atoms with Crippen LogP contribution in [0.2, 0.25) is 0 Å². The Morgan fingerprint density at radius 1 is 1.11 bits per heavy atom. The second-order valence-electron chi connectivity index (χ2n) is 5.78. The van der Waals surface area contributed by atoms with Gasteiger partial charge in [-0.1, -0.05) is 0 Å². The van der Waals surface area contributed by atoms with E-state index in [-0.39, 0.29) is 23.5 Å². The molecule has 5 nitrogen and oxygen atoms in total. The largest absolute Gasteiger partial charge is 0.488 e. The molecule has 27 heavy (non-hydrogen) atoms. The van der Waals surface area contributed by atoms with E-state index in [9.17, 15) is 18.0 Å². The molecule has 0 aliphatic carbocycles. The molecule has 0 saturated heterocycles. The zero-order chi connectivity index (χ0) is 19.6. The Kier molecular flexibility index (Phi) is 5.16. The van der Waals surface area contributed by atoms with Crippen LogP contribution >= 0.6 is 0 Å². The molecule has 0 N–H and O–H groups in total. The summed E-state index contributed by atoms with van der Waals surface area (Å²) in [5, 5.41) is 0. The third-order valence-electron chi connectivity index (χ3n) is 3.86. The van der Waals surface area contributed by atoms with Gasteiger partial charge in [-0.15, -0.1) is 0 Å². The molecule has 0 aliphatic heterocycles. The summed E-state index contributed by atoms with van der Waals surface area (Å²) in [5.41, 5.74) is 0.866. The summed E-state index contributed by atoms with van der Waals surface area (Å²) in [5.74, 6) is -2.92. The van der Waals surface area contributed by atoms with Crippen LogP contribution in [0.4, 0.5) is 13.2 Å². The molecule has 0 aliphatic rings. The Morgan fingerprint density at radius 2 is 1.89 bits per heavy atom. The Hall–Kier alpha value is -3.29. The molecular weight excluding hydrogens is 361 g/mol. The number of carbonyl (C=O) groups is 1. The summed E-state index contributed by atoms with van der Waals surface area (Å²) in [6.07, 6.45) is 3.88. The van der Waals surface area contributed by atoms with Crippen molar-refractivity contribution in [1.29, 1.82) is 0 Å². The molecule has 0 fully saturated rings. The van der Waals surface area contributed by atoms with E-state index in [2.05, 4.69) is 9.72 Å². The van der Waals surface area contributed by atoms with Gasteiger partial charge in [0.1, 0.15) is 29.8 Å². The number of ether oxygens (including phenoxy) is 2. The van der Waals surface area contributed by atoms with Crippen molar-refractivity contribution in [1.82, 2.24) is 9.55 Å². The van der Waals surface area contributed by atoms with Crippen LogP contribution < -0.4 is 4.74 Å². The minimum Gasteiger partial charge on any atom is -0.488 e. The van der Waals surface area contributed by atoms with Crippen LogP contribution in [0.25, 0.3) is 11.3 Å². The number of halogens is 3. The molecule has 0 saturated carbocycles. The number of hydrogen-bond donors (Lipinski definition) is 0. The lowest BCUT2D eigenvalue weighted by molar-refractivity contribution is 0.0600. The first-order valence-electron chi connectivity index (χ1n) is 7.85. The van der Waals surface area contributed by atoms with Crippen molar-refractivity contribution in [2.24, 2.45) is 7.05 Å². The summed E-state index contributed by atoms with van der Waals surface area (Å²) in [6, 6.07) is 4.37. The van der Waals surface area contributed by atoms with Gasteiger partial charge in [0, 0.05) is 37.1 Å². The number of hydrogen-bond acceptors (Lipinski definition) is 4. The SMILES string of the molecule is COC(=O)c1cc(-c2c(F)cc(F)cc2OCc2cncc(F)c2)n(C)c1. The van der Waals surface area contributed by atoms with Crippen molar-refractivity contribution < 1.29 is 27.4 Å². The van der Waals surface area contributed by atoms with E-state index >= 15 is 0 Å². The summed E-state index contributed by atoms with van der Waals surface area (Å²) in [4.78, 5) is 15.4. The third kappa shape index (κ3) is 3.94. The van der Waals surface area contributed by atoms with Gasteiger partial charge in [0.15, 0.2) is 0 Å². The first-order valence-corrected chi connectivity index (χ1v) is 7.85. The van der Waals surface area contributed by atoms with E-state index in [0.29, 0.717) is 11.3 Å². The number of benzene rings is 1. The molecule has 0 radical (unpaired) electrons. The standard InChI is InChI=1S/C19H15F3N2O3/c1-24-9-12(19(25)26-2)4-16(24)18-15(22)5-13(20)6-17(18)27-10-11-3-14(21)8-23-7-11/h3-9H,10H2,1-2H3. The number of methoxy groups -OCH3 is 1. The fourth-order valence-electron chi connectivity index (χ4n) is 2.65. The van der Waals surface area contributed by atoms with Gasteiger partial charge in [-0.2, -0.15) is 0 Å². The van der Waals surface area contributed by atoms with Crippen molar-refractivity contribution in [3.05, 3.63) is 71.4 Å². The van der Waals surface area contributed by atoms with Crippen molar-refractivity contribution in [2.75, 3.05) is 7.11 Å². The summed E-state index contributed by atoms with van der Waals surface area (Å²) in [6.45, 7) is -0.144. The van der Waals surface area contributed by atoms with Gasteiger partial charge in [-0.05, 0) is 12.1 Å². The second kappa shape index (κ2) is 7.53. The molecule has 2 aromatic heterocycles. The average molecular weight is 376 g/mol. The smallest absolute Gasteiger partial charge is 0.339 e. The fraction of sp³-hybridized carbons (Fsp3) is 0.158. The lowest BCUT2D eigenvalue weighted by Crippen LogP contribution is -2.02. The lowest BCUT2D eigenvalue weighted by Gasteiger charge is -2.13. The predicted octanol–water partition coefficient (Wildman–Crippen LogP) is 3.87. The van der Waals surface area contributed by atoms with E-state index in [1.807, 2.05) is 0 Å². The first kappa shape index (κ1) is 18.5. The normalized spacial score (nSPS) is 10.7. The topological polar surface area (TPSA) is 53.4 Å².